The Morgan fingerprint density at radius 1 is 1.50 bits per heavy atom. The summed E-state index contributed by atoms with van der Waals surface area (Å²) in [4.78, 5) is 10.1. The number of carboxylic acids is 1. The van der Waals surface area contributed by atoms with Crippen molar-refractivity contribution in [3.63, 3.8) is 0 Å². The fraction of sp³-hybridized carbons (Fsp3) is 0.222. The number of carboxylic acid groups (broad SMARTS) is 1. The van der Waals surface area contributed by atoms with Crippen molar-refractivity contribution in [2.24, 2.45) is 0 Å². The highest BCUT2D eigenvalue weighted by atomic mass is 19.1. The lowest BCUT2D eigenvalue weighted by atomic mass is 10.1. The molecule has 0 fully saturated rings. The molecular weight excluding hydrogens is 159 g/mol. The number of halogens is 1. The Bertz CT molecular complexity index is 284. The molecule has 0 aliphatic carbocycles. The summed E-state index contributed by atoms with van der Waals surface area (Å²) in [6, 6.07) is 5.89. The first-order chi connectivity index (χ1) is 5.68. The summed E-state index contributed by atoms with van der Waals surface area (Å²) in [6.45, 7) is 0. The third-order valence-electron chi connectivity index (χ3n) is 1.51. The van der Waals surface area contributed by atoms with Crippen LogP contribution in [0.2, 0.25) is 0 Å². The van der Waals surface area contributed by atoms with E-state index in [1.807, 2.05) is 0 Å². The number of hydrogen-bond donors (Lipinski definition) is 0. The molecule has 0 heterocycles. The second-order valence-corrected chi connectivity index (χ2v) is 2.50. The molecule has 0 atom stereocenters. The van der Waals surface area contributed by atoms with Crippen molar-refractivity contribution < 1.29 is 14.3 Å². The Hall–Kier alpha value is -1.38. The minimum Gasteiger partial charge on any atom is -0.550 e. The number of benzene rings is 1. The highest BCUT2D eigenvalue weighted by Gasteiger charge is 1.94. The molecule has 0 aliphatic heterocycles. The molecule has 0 amide bonds. The van der Waals surface area contributed by atoms with Crippen LogP contribution in [0.25, 0.3) is 0 Å². The second-order valence-electron chi connectivity index (χ2n) is 2.50. The Labute approximate surface area is 69.6 Å². The first-order valence-electron chi connectivity index (χ1n) is 3.63. The number of rotatable bonds is 3. The van der Waals surface area contributed by atoms with Crippen LogP contribution in [0, 0.1) is 5.82 Å². The lowest BCUT2D eigenvalue weighted by Crippen LogP contribution is -2.22. The standard InChI is InChI=1S/C9H9FO2/c10-8-3-1-2-7(6-8)4-5-9(11)12/h1-3,6H,4-5H2,(H,11,12)/p-1. The first-order valence-corrected chi connectivity index (χ1v) is 3.63. The van der Waals surface area contributed by atoms with Crippen molar-refractivity contribution in [3.05, 3.63) is 35.6 Å². The molecule has 1 aromatic carbocycles. The van der Waals surface area contributed by atoms with Gasteiger partial charge in [0.1, 0.15) is 5.82 Å². The summed E-state index contributed by atoms with van der Waals surface area (Å²) >= 11 is 0. The van der Waals surface area contributed by atoms with Crippen LogP contribution >= 0.6 is 0 Å². The van der Waals surface area contributed by atoms with E-state index in [1.165, 1.54) is 12.1 Å². The maximum atomic E-state index is 12.5. The molecule has 0 saturated heterocycles. The monoisotopic (exact) mass is 167 g/mol. The van der Waals surface area contributed by atoms with Gasteiger partial charge >= 0.3 is 0 Å². The first kappa shape index (κ1) is 8.71. The quantitative estimate of drug-likeness (QED) is 0.658. The molecule has 0 bridgehead atoms. The zero-order chi connectivity index (χ0) is 8.97. The molecule has 0 aromatic heterocycles. The van der Waals surface area contributed by atoms with Crippen LogP contribution < -0.4 is 5.11 Å². The fourth-order valence-corrected chi connectivity index (χ4v) is 0.939. The van der Waals surface area contributed by atoms with Gasteiger partial charge in [0.15, 0.2) is 0 Å². The third kappa shape index (κ3) is 2.70. The van der Waals surface area contributed by atoms with E-state index in [-0.39, 0.29) is 12.2 Å². The van der Waals surface area contributed by atoms with Crippen molar-refractivity contribution in [3.8, 4) is 0 Å². The molecule has 1 rings (SSSR count). The van der Waals surface area contributed by atoms with Crippen molar-refractivity contribution >= 4 is 5.97 Å². The average molecular weight is 167 g/mol. The number of aliphatic carboxylic acids is 1. The minimum absolute atomic E-state index is 0.0660. The molecule has 12 heavy (non-hydrogen) atoms. The van der Waals surface area contributed by atoms with Gasteiger partial charge < -0.3 is 9.90 Å². The highest BCUT2D eigenvalue weighted by Crippen LogP contribution is 2.05. The Morgan fingerprint density at radius 2 is 2.25 bits per heavy atom. The van der Waals surface area contributed by atoms with Crippen molar-refractivity contribution in [1.29, 1.82) is 0 Å². The molecule has 0 radical (unpaired) electrons. The predicted octanol–water partition coefficient (Wildman–Crippen LogP) is 0.508. The van der Waals surface area contributed by atoms with Gasteiger partial charge in [0.25, 0.3) is 0 Å². The fourth-order valence-electron chi connectivity index (χ4n) is 0.939. The number of carbonyl (C=O) groups excluding carboxylic acids is 1. The second kappa shape index (κ2) is 3.85. The van der Waals surface area contributed by atoms with Gasteiger partial charge in [-0.25, -0.2) is 4.39 Å². The SMILES string of the molecule is O=C([O-])CCc1cccc(F)c1. The number of carbonyl (C=O) groups is 1. The van der Waals surface area contributed by atoms with E-state index in [0.717, 1.165) is 0 Å². The molecule has 3 heteroatoms. The number of hydrogen-bond acceptors (Lipinski definition) is 2. The van der Waals surface area contributed by atoms with E-state index in [0.29, 0.717) is 12.0 Å². The largest absolute Gasteiger partial charge is 0.550 e. The van der Waals surface area contributed by atoms with Crippen LogP contribution in [-0.4, -0.2) is 5.97 Å². The molecule has 0 aliphatic rings. The van der Waals surface area contributed by atoms with E-state index >= 15 is 0 Å². The number of aryl methyl sites for hydroxylation is 1. The van der Waals surface area contributed by atoms with Crippen molar-refractivity contribution in [1.82, 2.24) is 0 Å². The third-order valence-corrected chi connectivity index (χ3v) is 1.51. The van der Waals surface area contributed by atoms with Crippen molar-refractivity contribution in [2.45, 2.75) is 12.8 Å². The molecule has 2 nitrogen and oxygen atoms in total. The van der Waals surface area contributed by atoms with Crippen LogP contribution in [0.1, 0.15) is 12.0 Å². The van der Waals surface area contributed by atoms with Crippen LogP contribution in [0.15, 0.2) is 24.3 Å². The van der Waals surface area contributed by atoms with Crippen LogP contribution in [0.5, 0.6) is 0 Å². The van der Waals surface area contributed by atoms with E-state index in [4.69, 9.17) is 0 Å². The summed E-state index contributed by atoms with van der Waals surface area (Å²) in [5, 5.41) is 10.1. The van der Waals surface area contributed by atoms with E-state index < -0.39 is 5.97 Å². The summed E-state index contributed by atoms with van der Waals surface area (Å²) < 4.78 is 12.5. The van der Waals surface area contributed by atoms with Gasteiger partial charge in [0, 0.05) is 5.97 Å². The van der Waals surface area contributed by atoms with E-state index in [9.17, 15) is 14.3 Å². The molecule has 0 spiro atoms. The van der Waals surface area contributed by atoms with E-state index in [2.05, 4.69) is 0 Å². The van der Waals surface area contributed by atoms with Gasteiger partial charge in [-0.05, 0) is 30.5 Å². The minimum atomic E-state index is -1.11. The smallest absolute Gasteiger partial charge is 0.123 e. The highest BCUT2D eigenvalue weighted by molar-refractivity contribution is 5.64. The summed E-state index contributed by atoms with van der Waals surface area (Å²) in [5.41, 5.74) is 0.680. The zero-order valence-corrected chi connectivity index (χ0v) is 6.42. The van der Waals surface area contributed by atoms with Crippen LogP contribution in [0.3, 0.4) is 0 Å². The van der Waals surface area contributed by atoms with Gasteiger partial charge in [0.2, 0.25) is 0 Å². The Morgan fingerprint density at radius 3 is 2.83 bits per heavy atom. The van der Waals surface area contributed by atoms with Crippen LogP contribution in [0.4, 0.5) is 4.39 Å². The topological polar surface area (TPSA) is 40.1 Å². The summed E-state index contributed by atoms with van der Waals surface area (Å²) in [6.07, 6.45) is 0.254. The molecular formula is C9H8FO2-. The summed E-state index contributed by atoms with van der Waals surface area (Å²) in [7, 11) is 0. The van der Waals surface area contributed by atoms with Gasteiger partial charge in [-0.1, -0.05) is 12.1 Å². The Balaban J connectivity index is 2.57. The maximum Gasteiger partial charge on any atom is 0.123 e. The molecule has 64 valence electrons. The lowest BCUT2D eigenvalue weighted by molar-refractivity contribution is -0.305. The van der Waals surface area contributed by atoms with Gasteiger partial charge in [-0.15, -0.1) is 0 Å². The molecule has 0 unspecified atom stereocenters. The predicted molar refractivity (Wildman–Crippen MR) is 39.7 cm³/mol. The van der Waals surface area contributed by atoms with Crippen LogP contribution in [-0.2, 0) is 11.2 Å². The maximum absolute atomic E-state index is 12.5. The van der Waals surface area contributed by atoms with Gasteiger partial charge in [-0.2, -0.15) is 0 Å². The van der Waals surface area contributed by atoms with Gasteiger partial charge in [0.05, 0.1) is 0 Å². The molecule has 0 N–H and O–H groups in total. The summed E-state index contributed by atoms with van der Waals surface area (Å²) in [5.74, 6) is -1.45. The zero-order valence-electron chi connectivity index (χ0n) is 6.42. The lowest BCUT2D eigenvalue weighted by Gasteiger charge is -2.01. The van der Waals surface area contributed by atoms with Crippen molar-refractivity contribution in [2.75, 3.05) is 0 Å². The average Bonchev–Trinajstić information content (AvgIpc) is 2.01. The van der Waals surface area contributed by atoms with Gasteiger partial charge in [-0.3, -0.25) is 0 Å². The molecule has 1 aromatic rings. The van der Waals surface area contributed by atoms with E-state index in [1.54, 1.807) is 12.1 Å². The molecule has 0 saturated carbocycles. The Kier molecular flexibility index (Phi) is 2.80. The normalized spacial score (nSPS) is 9.75.